The molecule has 0 fully saturated rings. The molecule has 2 rings (SSSR count). The van der Waals surface area contributed by atoms with Gasteiger partial charge in [-0.3, -0.25) is 0 Å². The summed E-state index contributed by atoms with van der Waals surface area (Å²) in [5.74, 6) is 0.798. The molecule has 5 nitrogen and oxygen atoms in total. The third-order valence-electron chi connectivity index (χ3n) is 2.60. The minimum Gasteiger partial charge on any atom is -0.507 e. The lowest BCUT2D eigenvalue weighted by atomic mass is 10.1. The number of ether oxygens (including phenoxy) is 2. The average molecular weight is 236 g/mol. The van der Waals surface area contributed by atoms with Crippen molar-refractivity contribution in [3.05, 3.63) is 28.1 Å². The summed E-state index contributed by atoms with van der Waals surface area (Å²) >= 11 is 0. The number of fused-ring (bicyclic) bond motifs is 1. The summed E-state index contributed by atoms with van der Waals surface area (Å²) in [4.78, 5) is 11.4. The molecule has 0 saturated carbocycles. The zero-order valence-electron chi connectivity index (χ0n) is 9.73. The fourth-order valence-corrected chi connectivity index (χ4v) is 1.60. The Labute approximate surface area is 97.2 Å². The highest BCUT2D eigenvalue weighted by Crippen LogP contribution is 2.35. The standard InChI is InChI=1S/C12H12O5/c1-6-11(13)7-4-9(15-2)10(16-3)5-8(7)17-12(6)14/h4-5,13H,1-3H3. The first kappa shape index (κ1) is 11.3. The first-order chi connectivity index (χ1) is 8.08. The predicted molar refractivity (Wildman–Crippen MR) is 62.0 cm³/mol. The van der Waals surface area contributed by atoms with Gasteiger partial charge in [0.2, 0.25) is 0 Å². The molecule has 5 heteroatoms. The summed E-state index contributed by atoms with van der Waals surface area (Å²) in [6.07, 6.45) is 0. The van der Waals surface area contributed by atoms with Crippen molar-refractivity contribution in [3.8, 4) is 17.2 Å². The zero-order chi connectivity index (χ0) is 12.6. The Kier molecular flexibility index (Phi) is 2.67. The molecule has 1 heterocycles. The second-order valence-corrected chi connectivity index (χ2v) is 3.57. The number of aromatic hydroxyl groups is 1. The Morgan fingerprint density at radius 3 is 2.35 bits per heavy atom. The molecule has 0 bridgehead atoms. The van der Waals surface area contributed by atoms with Crippen molar-refractivity contribution in [3.63, 3.8) is 0 Å². The normalized spacial score (nSPS) is 10.5. The van der Waals surface area contributed by atoms with Crippen LogP contribution in [0, 0.1) is 6.92 Å². The van der Waals surface area contributed by atoms with Gasteiger partial charge in [0.15, 0.2) is 11.5 Å². The van der Waals surface area contributed by atoms with E-state index >= 15 is 0 Å². The van der Waals surface area contributed by atoms with Gasteiger partial charge in [-0.15, -0.1) is 0 Å². The lowest BCUT2D eigenvalue weighted by Crippen LogP contribution is -2.03. The summed E-state index contributed by atoms with van der Waals surface area (Å²) in [7, 11) is 2.97. The molecule has 0 amide bonds. The van der Waals surface area contributed by atoms with E-state index in [1.54, 1.807) is 6.07 Å². The van der Waals surface area contributed by atoms with E-state index in [4.69, 9.17) is 13.9 Å². The summed E-state index contributed by atoms with van der Waals surface area (Å²) in [5.41, 5.74) is -0.136. The highest BCUT2D eigenvalue weighted by Gasteiger charge is 2.14. The van der Waals surface area contributed by atoms with Crippen molar-refractivity contribution in [1.29, 1.82) is 0 Å². The Morgan fingerprint density at radius 2 is 1.76 bits per heavy atom. The number of rotatable bonds is 2. The van der Waals surface area contributed by atoms with Crippen LogP contribution in [0.1, 0.15) is 5.56 Å². The average Bonchev–Trinajstić information content (AvgIpc) is 2.34. The molecule has 90 valence electrons. The number of hydrogen-bond acceptors (Lipinski definition) is 5. The molecule has 1 aromatic heterocycles. The maximum Gasteiger partial charge on any atom is 0.342 e. The van der Waals surface area contributed by atoms with Crippen LogP contribution >= 0.6 is 0 Å². The van der Waals surface area contributed by atoms with Gasteiger partial charge in [0.1, 0.15) is 11.3 Å². The van der Waals surface area contributed by atoms with Crippen LogP contribution < -0.4 is 15.1 Å². The van der Waals surface area contributed by atoms with Gasteiger partial charge in [-0.2, -0.15) is 0 Å². The number of hydrogen-bond donors (Lipinski definition) is 1. The van der Waals surface area contributed by atoms with Crippen LogP contribution in [0.4, 0.5) is 0 Å². The lowest BCUT2D eigenvalue weighted by Gasteiger charge is -2.09. The highest BCUT2D eigenvalue weighted by molar-refractivity contribution is 5.87. The van der Waals surface area contributed by atoms with Gasteiger partial charge in [-0.1, -0.05) is 0 Å². The maximum atomic E-state index is 11.4. The zero-order valence-corrected chi connectivity index (χ0v) is 9.73. The molecular formula is C12H12O5. The second-order valence-electron chi connectivity index (χ2n) is 3.57. The Hall–Kier alpha value is -2.17. The van der Waals surface area contributed by atoms with Crippen molar-refractivity contribution in [2.24, 2.45) is 0 Å². The summed E-state index contributed by atoms with van der Waals surface area (Å²) in [6.45, 7) is 1.50. The van der Waals surface area contributed by atoms with Gasteiger partial charge in [-0.25, -0.2) is 4.79 Å². The highest BCUT2D eigenvalue weighted by atomic mass is 16.5. The molecule has 2 aromatic rings. The SMILES string of the molecule is COc1cc2oc(=O)c(C)c(O)c2cc1OC. The van der Waals surface area contributed by atoms with E-state index in [-0.39, 0.29) is 16.9 Å². The van der Waals surface area contributed by atoms with Crippen LogP contribution in [0.25, 0.3) is 11.0 Å². The van der Waals surface area contributed by atoms with Crippen molar-refractivity contribution in [2.75, 3.05) is 14.2 Å². The van der Waals surface area contributed by atoms with E-state index in [0.29, 0.717) is 16.9 Å². The first-order valence-corrected chi connectivity index (χ1v) is 4.97. The molecule has 0 atom stereocenters. The largest absolute Gasteiger partial charge is 0.507 e. The minimum atomic E-state index is -0.567. The Balaban J connectivity index is 2.88. The van der Waals surface area contributed by atoms with Crippen molar-refractivity contribution in [2.45, 2.75) is 6.92 Å². The molecule has 1 N–H and O–H groups in total. The van der Waals surface area contributed by atoms with E-state index in [9.17, 15) is 9.90 Å². The molecule has 0 aliphatic rings. The Bertz CT molecular complexity index is 627. The quantitative estimate of drug-likeness (QED) is 0.805. The topological polar surface area (TPSA) is 68.9 Å². The van der Waals surface area contributed by atoms with Crippen LogP contribution in [0.3, 0.4) is 0 Å². The molecule has 0 radical (unpaired) electrons. The third-order valence-corrected chi connectivity index (χ3v) is 2.60. The van der Waals surface area contributed by atoms with E-state index in [1.807, 2.05) is 0 Å². The molecule has 0 saturated heterocycles. The molecule has 0 aliphatic carbocycles. The van der Waals surface area contributed by atoms with Crippen molar-refractivity contribution >= 4 is 11.0 Å². The lowest BCUT2D eigenvalue weighted by molar-refractivity contribution is 0.354. The van der Waals surface area contributed by atoms with Gasteiger partial charge in [0, 0.05) is 6.07 Å². The van der Waals surface area contributed by atoms with Crippen molar-refractivity contribution < 1.29 is 19.0 Å². The van der Waals surface area contributed by atoms with E-state index in [0.717, 1.165) is 0 Å². The smallest absolute Gasteiger partial charge is 0.342 e. The Morgan fingerprint density at radius 1 is 1.18 bits per heavy atom. The van der Waals surface area contributed by atoms with Crippen LogP contribution in [0.2, 0.25) is 0 Å². The first-order valence-electron chi connectivity index (χ1n) is 4.97. The summed E-state index contributed by atoms with van der Waals surface area (Å²) in [5, 5.41) is 10.3. The predicted octanol–water partition coefficient (Wildman–Crippen LogP) is 1.82. The molecule has 0 aliphatic heterocycles. The summed E-state index contributed by atoms with van der Waals surface area (Å²) in [6, 6.07) is 3.08. The van der Waals surface area contributed by atoms with Gasteiger partial charge in [-0.05, 0) is 13.0 Å². The van der Waals surface area contributed by atoms with E-state index < -0.39 is 5.63 Å². The number of methoxy groups -OCH3 is 2. The molecule has 0 spiro atoms. The van der Waals surface area contributed by atoms with Crippen LogP contribution in [-0.4, -0.2) is 19.3 Å². The van der Waals surface area contributed by atoms with E-state index in [1.165, 1.54) is 27.2 Å². The van der Waals surface area contributed by atoms with Crippen LogP contribution in [0.5, 0.6) is 17.2 Å². The fourth-order valence-electron chi connectivity index (χ4n) is 1.60. The molecule has 17 heavy (non-hydrogen) atoms. The molecular weight excluding hydrogens is 224 g/mol. The van der Waals surface area contributed by atoms with Crippen LogP contribution in [-0.2, 0) is 0 Å². The van der Waals surface area contributed by atoms with Gasteiger partial charge >= 0.3 is 5.63 Å². The third kappa shape index (κ3) is 1.69. The van der Waals surface area contributed by atoms with Crippen molar-refractivity contribution in [1.82, 2.24) is 0 Å². The summed E-state index contributed by atoms with van der Waals surface area (Å²) < 4.78 is 15.3. The van der Waals surface area contributed by atoms with E-state index in [2.05, 4.69) is 0 Å². The monoisotopic (exact) mass is 236 g/mol. The van der Waals surface area contributed by atoms with Gasteiger partial charge in [0.25, 0.3) is 0 Å². The van der Waals surface area contributed by atoms with Gasteiger partial charge in [0.05, 0.1) is 25.2 Å². The van der Waals surface area contributed by atoms with Gasteiger partial charge < -0.3 is 19.0 Å². The molecule has 1 aromatic carbocycles. The second kappa shape index (κ2) is 4.01. The molecule has 0 unspecified atom stereocenters. The maximum absolute atomic E-state index is 11.4. The minimum absolute atomic E-state index is 0.0998. The van der Waals surface area contributed by atoms with Crippen LogP contribution in [0.15, 0.2) is 21.3 Å². The number of benzene rings is 1. The fraction of sp³-hybridized carbons (Fsp3) is 0.250.